The van der Waals surface area contributed by atoms with Gasteiger partial charge in [0.15, 0.2) is 0 Å². The Balaban J connectivity index is 2.89. The van der Waals surface area contributed by atoms with E-state index in [0.717, 1.165) is 17.0 Å². The maximum atomic E-state index is 5.53. The van der Waals surface area contributed by atoms with E-state index in [1.165, 1.54) is 7.11 Å². The third-order valence-electron chi connectivity index (χ3n) is 1.56. The van der Waals surface area contributed by atoms with E-state index in [1.54, 1.807) is 0 Å². The number of oxime groups is 1. The zero-order valence-corrected chi connectivity index (χ0v) is 7.24. The van der Waals surface area contributed by atoms with Gasteiger partial charge < -0.3 is 10.6 Å². The van der Waals surface area contributed by atoms with Crippen molar-refractivity contribution in [3.8, 4) is 0 Å². The third-order valence-corrected chi connectivity index (χ3v) is 1.56. The Kier molecular flexibility index (Phi) is 2.69. The van der Waals surface area contributed by atoms with Crippen molar-refractivity contribution in [3.05, 3.63) is 29.8 Å². The van der Waals surface area contributed by atoms with Gasteiger partial charge in [-0.25, -0.2) is 0 Å². The van der Waals surface area contributed by atoms with Gasteiger partial charge in [-0.15, -0.1) is 0 Å². The molecule has 3 heteroatoms. The van der Waals surface area contributed by atoms with E-state index in [1.807, 2.05) is 31.2 Å². The van der Waals surface area contributed by atoms with Crippen LogP contribution in [0.25, 0.3) is 0 Å². The van der Waals surface area contributed by atoms with Gasteiger partial charge in [0.25, 0.3) is 0 Å². The molecule has 0 amide bonds. The standard InChI is InChI=1S/C9H12N2O/c1-7(11-12-2)8-3-5-9(10)6-4-8/h3-6H,10H2,1-2H3/b11-7-. The number of hydrogen-bond acceptors (Lipinski definition) is 3. The molecule has 3 nitrogen and oxygen atoms in total. The van der Waals surface area contributed by atoms with Crippen molar-refractivity contribution in [1.29, 1.82) is 0 Å². The molecule has 0 atom stereocenters. The summed E-state index contributed by atoms with van der Waals surface area (Å²) in [6.07, 6.45) is 0. The molecule has 2 N–H and O–H groups in total. The van der Waals surface area contributed by atoms with Gasteiger partial charge in [-0.1, -0.05) is 17.3 Å². The molecule has 0 unspecified atom stereocenters. The molecule has 0 bridgehead atoms. The molecule has 0 aliphatic carbocycles. The number of anilines is 1. The van der Waals surface area contributed by atoms with Gasteiger partial charge in [0, 0.05) is 5.69 Å². The molecule has 0 aliphatic rings. The minimum absolute atomic E-state index is 0.754. The Hall–Kier alpha value is -1.51. The van der Waals surface area contributed by atoms with E-state index < -0.39 is 0 Å². The first-order valence-corrected chi connectivity index (χ1v) is 3.67. The first kappa shape index (κ1) is 8.59. The molecule has 0 heterocycles. The number of nitrogens with zero attached hydrogens (tertiary/aromatic N) is 1. The van der Waals surface area contributed by atoms with Crippen LogP contribution in [0.1, 0.15) is 12.5 Å². The van der Waals surface area contributed by atoms with Crippen LogP contribution in [0.5, 0.6) is 0 Å². The second-order valence-corrected chi connectivity index (χ2v) is 2.48. The predicted molar refractivity (Wildman–Crippen MR) is 50.1 cm³/mol. The van der Waals surface area contributed by atoms with Gasteiger partial charge in [-0.05, 0) is 24.6 Å². The van der Waals surface area contributed by atoms with E-state index in [9.17, 15) is 0 Å². The molecule has 0 saturated carbocycles. The van der Waals surface area contributed by atoms with Gasteiger partial charge in [-0.3, -0.25) is 0 Å². The summed E-state index contributed by atoms with van der Waals surface area (Å²) < 4.78 is 0. The van der Waals surface area contributed by atoms with Gasteiger partial charge in [0.05, 0.1) is 5.71 Å². The maximum Gasteiger partial charge on any atom is 0.106 e. The van der Waals surface area contributed by atoms with Gasteiger partial charge >= 0.3 is 0 Å². The van der Waals surface area contributed by atoms with Crippen molar-refractivity contribution in [2.75, 3.05) is 12.8 Å². The summed E-state index contributed by atoms with van der Waals surface area (Å²) in [6.45, 7) is 1.88. The van der Waals surface area contributed by atoms with Crippen molar-refractivity contribution in [2.45, 2.75) is 6.92 Å². The lowest BCUT2D eigenvalue weighted by atomic mass is 10.1. The van der Waals surface area contributed by atoms with Crippen LogP contribution in [-0.4, -0.2) is 12.8 Å². The second kappa shape index (κ2) is 3.76. The lowest BCUT2D eigenvalue weighted by Gasteiger charge is -1.99. The van der Waals surface area contributed by atoms with Crippen molar-refractivity contribution in [3.63, 3.8) is 0 Å². The Labute approximate surface area is 71.8 Å². The van der Waals surface area contributed by atoms with E-state index in [4.69, 9.17) is 5.73 Å². The van der Waals surface area contributed by atoms with Crippen LogP contribution < -0.4 is 5.73 Å². The fourth-order valence-corrected chi connectivity index (χ4v) is 0.914. The van der Waals surface area contributed by atoms with E-state index >= 15 is 0 Å². The smallest absolute Gasteiger partial charge is 0.106 e. The average Bonchev–Trinajstić information content (AvgIpc) is 2.06. The van der Waals surface area contributed by atoms with Crippen LogP contribution in [0.4, 0.5) is 5.69 Å². The lowest BCUT2D eigenvalue weighted by Crippen LogP contribution is -1.95. The normalized spacial score (nSPS) is 11.3. The molecule has 0 aliphatic heterocycles. The minimum atomic E-state index is 0.754. The first-order valence-electron chi connectivity index (χ1n) is 3.67. The molecule has 0 aromatic heterocycles. The molecule has 1 aromatic carbocycles. The van der Waals surface area contributed by atoms with Crippen LogP contribution in [0.15, 0.2) is 29.4 Å². The Morgan fingerprint density at radius 3 is 2.42 bits per heavy atom. The second-order valence-electron chi connectivity index (χ2n) is 2.48. The van der Waals surface area contributed by atoms with Crippen LogP contribution >= 0.6 is 0 Å². The van der Waals surface area contributed by atoms with Gasteiger partial charge in [0.1, 0.15) is 7.11 Å². The number of benzene rings is 1. The number of nitrogens with two attached hydrogens (primary N) is 1. The number of hydrogen-bond donors (Lipinski definition) is 1. The predicted octanol–water partition coefficient (Wildman–Crippen LogP) is 1.64. The Bertz CT molecular complexity index is 277. The molecule has 1 aromatic rings. The summed E-state index contributed by atoms with van der Waals surface area (Å²) in [6, 6.07) is 7.49. The number of nitrogen functional groups attached to an aromatic ring is 1. The molecular weight excluding hydrogens is 152 g/mol. The maximum absolute atomic E-state index is 5.53. The highest BCUT2D eigenvalue weighted by molar-refractivity contribution is 5.98. The summed E-state index contributed by atoms with van der Waals surface area (Å²) in [5.74, 6) is 0. The summed E-state index contributed by atoms with van der Waals surface area (Å²) in [5.41, 5.74) is 8.15. The van der Waals surface area contributed by atoms with Crippen LogP contribution in [0.2, 0.25) is 0 Å². The fourth-order valence-electron chi connectivity index (χ4n) is 0.914. The first-order chi connectivity index (χ1) is 5.74. The summed E-state index contributed by atoms with van der Waals surface area (Å²) >= 11 is 0. The zero-order valence-electron chi connectivity index (χ0n) is 7.24. The van der Waals surface area contributed by atoms with Crippen molar-refractivity contribution >= 4 is 11.4 Å². The van der Waals surface area contributed by atoms with E-state index in [-0.39, 0.29) is 0 Å². The molecule has 12 heavy (non-hydrogen) atoms. The monoisotopic (exact) mass is 164 g/mol. The minimum Gasteiger partial charge on any atom is -0.399 e. The van der Waals surface area contributed by atoms with E-state index in [2.05, 4.69) is 9.99 Å². The summed E-state index contributed by atoms with van der Waals surface area (Å²) in [7, 11) is 1.53. The van der Waals surface area contributed by atoms with E-state index in [0.29, 0.717) is 0 Å². The molecule has 0 saturated heterocycles. The fraction of sp³-hybridized carbons (Fsp3) is 0.222. The van der Waals surface area contributed by atoms with Gasteiger partial charge in [0.2, 0.25) is 0 Å². The van der Waals surface area contributed by atoms with Crippen molar-refractivity contribution in [2.24, 2.45) is 5.16 Å². The summed E-state index contributed by atoms with van der Waals surface area (Å²) in [4.78, 5) is 4.64. The molecule has 0 spiro atoms. The number of rotatable bonds is 2. The zero-order chi connectivity index (χ0) is 8.97. The molecule has 64 valence electrons. The highest BCUT2D eigenvalue weighted by Crippen LogP contribution is 2.06. The molecule has 0 radical (unpaired) electrons. The third kappa shape index (κ3) is 1.99. The molecule has 1 rings (SSSR count). The highest BCUT2D eigenvalue weighted by Gasteiger charge is 1.95. The van der Waals surface area contributed by atoms with Crippen molar-refractivity contribution in [1.82, 2.24) is 0 Å². The molecule has 0 fully saturated rings. The average molecular weight is 164 g/mol. The van der Waals surface area contributed by atoms with Crippen LogP contribution in [0, 0.1) is 0 Å². The Morgan fingerprint density at radius 1 is 1.33 bits per heavy atom. The topological polar surface area (TPSA) is 47.6 Å². The molecular formula is C9H12N2O. The Morgan fingerprint density at radius 2 is 1.92 bits per heavy atom. The lowest BCUT2D eigenvalue weighted by molar-refractivity contribution is 0.213. The largest absolute Gasteiger partial charge is 0.399 e. The van der Waals surface area contributed by atoms with Crippen LogP contribution in [0.3, 0.4) is 0 Å². The summed E-state index contributed by atoms with van der Waals surface area (Å²) in [5, 5.41) is 3.80. The van der Waals surface area contributed by atoms with Crippen molar-refractivity contribution < 1.29 is 4.84 Å². The van der Waals surface area contributed by atoms with Crippen LogP contribution in [-0.2, 0) is 4.84 Å². The SMILES string of the molecule is CO/N=C(/C)c1ccc(N)cc1. The van der Waals surface area contributed by atoms with Gasteiger partial charge in [-0.2, -0.15) is 0 Å². The highest BCUT2D eigenvalue weighted by atomic mass is 16.6. The quantitative estimate of drug-likeness (QED) is 0.410.